The number of pyridine rings is 1. The number of tetrazole rings is 1. The molecule has 7 rings (SSSR count). The number of rotatable bonds is 10. The molecule has 0 aliphatic carbocycles. The van der Waals surface area contributed by atoms with Crippen molar-refractivity contribution in [2.24, 2.45) is 5.16 Å². The number of β-lactam (4-membered cyclic amide) rings is 1. The summed E-state index contributed by atoms with van der Waals surface area (Å²) in [7, 11) is 0. The van der Waals surface area contributed by atoms with Crippen molar-refractivity contribution in [1.29, 1.82) is 0 Å². The van der Waals surface area contributed by atoms with Crippen LogP contribution in [0.4, 0.5) is 10.8 Å². The maximum atomic E-state index is 13.9. The molecule has 7 N–H and O–H groups in total. The van der Waals surface area contributed by atoms with Gasteiger partial charge in [-0.1, -0.05) is 16.8 Å². The van der Waals surface area contributed by atoms with Gasteiger partial charge in [-0.15, -0.1) is 33.3 Å². The minimum atomic E-state index is -1.77. The first-order valence-electron chi connectivity index (χ1n) is 16.2. The summed E-state index contributed by atoms with van der Waals surface area (Å²) in [6.07, 6.45) is 3.12. The van der Waals surface area contributed by atoms with Crippen LogP contribution in [0.1, 0.15) is 47.8 Å². The van der Waals surface area contributed by atoms with E-state index in [1.54, 1.807) is 11.0 Å². The Hall–Kier alpha value is -5.80. The molecule has 3 aromatic heterocycles. The molecule has 22 heteroatoms. The standard InChI is InChI=1S/C32H30ClN11O8S2/c1-32(2,30(50)51)52-39-21(16-13-54-31(34)35-16)26(47)36-22-28(49)44-23(25-37-40-41-38-25)14(12-53-29(22)44)11-42-9-3-6-18-17(42)5-4-10-43(18)27(48)15-7-8-19(45)24(46)20(15)33/h3,6-9,13,22,29H,4-5,10-12H2,1-2H3,(H6-,34,35,36,37,38,39,40,41,45,46,47,48,50,51)/p+1/t22-,29-/m1/s1. The van der Waals surface area contributed by atoms with Gasteiger partial charge >= 0.3 is 5.97 Å². The van der Waals surface area contributed by atoms with Crippen LogP contribution in [0.15, 0.2) is 46.6 Å². The molecular formula is C32H31ClN11O8S2+. The summed E-state index contributed by atoms with van der Waals surface area (Å²) in [5.74, 6) is -3.51. The number of phenolic OH excluding ortho intramolecular Hbond substituents is 2. The number of oxime groups is 1. The number of halogens is 1. The van der Waals surface area contributed by atoms with Crippen LogP contribution in [0.2, 0.25) is 5.02 Å². The number of carbonyl (C=O) groups is 4. The number of thioether (sulfide) groups is 1. The number of hydrogen-bond donors (Lipinski definition) is 6. The summed E-state index contributed by atoms with van der Waals surface area (Å²) in [6, 6.07) is 5.17. The lowest BCUT2D eigenvalue weighted by Crippen LogP contribution is -2.70. The molecule has 3 aliphatic rings. The summed E-state index contributed by atoms with van der Waals surface area (Å²) < 4.78 is 1.98. The van der Waals surface area contributed by atoms with E-state index in [4.69, 9.17) is 22.2 Å². The summed E-state index contributed by atoms with van der Waals surface area (Å²) in [6.45, 7) is 3.20. The number of hydrogen-bond acceptors (Lipinski definition) is 15. The molecule has 2 atom stereocenters. The zero-order valence-corrected chi connectivity index (χ0v) is 30.8. The van der Waals surface area contributed by atoms with Crippen LogP contribution in [0.25, 0.3) is 5.70 Å². The second-order valence-corrected chi connectivity index (χ2v) is 15.2. The highest BCUT2D eigenvalue weighted by Gasteiger charge is 2.54. The van der Waals surface area contributed by atoms with Crippen molar-refractivity contribution in [3.05, 3.63) is 69.2 Å². The number of aromatic hydroxyl groups is 2. The Kier molecular flexibility index (Phi) is 9.62. The number of anilines is 2. The highest BCUT2D eigenvalue weighted by atomic mass is 35.5. The Morgan fingerprint density at radius 3 is 2.76 bits per heavy atom. The molecule has 0 bridgehead atoms. The SMILES string of the molecule is CC(C)(O/N=C(\C(=O)N[C@@H]1C(=O)N2C(c3nn[nH]n3)=C(C[n+]3cccc4c3CCCN4C(=O)c3ccc(O)c(O)c3Cl)CS[C@H]12)c1csc(N)n1)C(=O)O. The number of amides is 3. The third-order valence-electron chi connectivity index (χ3n) is 8.93. The van der Waals surface area contributed by atoms with Gasteiger partial charge in [-0.05, 0) is 43.7 Å². The number of phenols is 2. The molecule has 0 radical (unpaired) electrons. The lowest BCUT2D eigenvalue weighted by Gasteiger charge is -2.49. The van der Waals surface area contributed by atoms with Gasteiger partial charge in [-0.2, -0.15) is 9.78 Å². The van der Waals surface area contributed by atoms with Gasteiger partial charge < -0.3 is 36.1 Å². The molecule has 1 fully saturated rings. The average molecular weight is 797 g/mol. The molecule has 4 aromatic rings. The molecule has 0 unspecified atom stereocenters. The third-order valence-corrected chi connectivity index (χ3v) is 11.3. The quantitative estimate of drug-likeness (QED) is 0.0434. The topological polar surface area (TPSA) is 266 Å². The fraction of sp³-hybridized carbons (Fsp3) is 0.312. The molecule has 1 aromatic carbocycles. The number of carboxylic acid groups (broad SMARTS) is 1. The Morgan fingerprint density at radius 1 is 1.26 bits per heavy atom. The van der Waals surface area contributed by atoms with Crippen LogP contribution in [0.3, 0.4) is 0 Å². The van der Waals surface area contributed by atoms with Gasteiger partial charge in [0.15, 0.2) is 35.1 Å². The number of carbonyl (C=O) groups excluding carboxylic acids is 3. The van der Waals surface area contributed by atoms with Crippen molar-refractivity contribution >= 4 is 80.6 Å². The van der Waals surface area contributed by atoms with Crippen LogP contribution < -0.4 is 20.5 Å². The molecule has 6 heterocycles. The van der Waals surface area contributed by atoms with E-state index < -0.39 is 52.2 Å². The molecule has 54 heavy (non-hydrogen) atoms. The largest absolute Gasteiger partial charge is 0.504 e. The van der Waals surface area contributed by atoms with E-state index in [0.29, 0.717) is 36.5 Å². The number of fused-ring (bicyclic) bond motifs is 2. The van der Waals surface area contributed by atoms with Crippen molar-refractivity contribution in [1.82, 2.24) is 35.8 Å². The third kappa shape index (κ3) is 6.53. The number of nitrogen functional groups attached to an aromatic ring is 1. The van der Waals surface area contributed by atoms with E-state index in [1.807, 2.05) is 16.8 Å². The van der Waals surface area contributed by atoms with E-state index in [0.717, 1.165) is 22.6 Å². The van der Waals surface area contributed by atoms with Crippen LogP contribution >= 0.6 is 34.7 Å². The number of aliphatic carboxylic acids is 1. The number of benzene rings is 1. The molecule has 1 saturated heterocycles. The van der Waals surface area contributed by atoms with Gasteiger partial charge in [0.2, 0.25) is 17.1 Å². The van der Waals surface area contributed by atoms with E-state index >= 15 is 0 Å². The molecule has 3 amide bonds. The molecular weight excluding hydrogens is 766 g/mol. The Bertz CT molecular complexity index is 2260. The summed E-state index contributed by atoms with van der Waals surface area (Å²) in [4.78, 5) is 65.1. The maximum absolute atomic E-state index is 13.9. The monoisotopic (exact) mass is 796 g/mol. The predicted molar refractivity (Wildman–Crippen MR) is 193 cm³/mol. The predicted octanol–water partition coefficient (Wildman–Crippen LogP) is 1.28. The molecule has 0 spiro atoms. The lowest BCUT2D eigenvalue weighted by molar-refractivity contribution is -0.695. The molecule has 0 saturated carbocycles. The van der Waals surface area contributed by atoms with Crippen molar-refractivity contribution in [2.75, 3.05) is 22.9 Å². The van der Waals surface area contributed by atoms with Crippen LogP contribution in [-0.4, -0.2) is 105 Å². The Labute approximate surface area is 318 Å². The van der Waals surface area contributed by atoms with Gasteiger partial charge in [-0.3, -0.25) is 19.3 Å². The second-order valence-electron chi connectivity index (χ2n) is 12.8. The van der Waals surface area contributed by atoms with Crippen molar-refractivity contribution in [3.63, 3.8) is 0 Å². The Balaban J connectivity index is 1.16. The number of nitrogens with one attached hydrogen (secondary N) is 2. The average Bonchev–Trinajstić information content (AvgIpc) is 3.85. The van der Waals surface area contributed by atoms with E-state index in [-0.39, 0.29) is 39.5 Å². The Morgan fingerprint density at radius 2 is 2.06 bits per heavy atom. The molecule has 19 nitrogen and oxygen atoms in total. The minimum absolute atomic E-state index is 0.0377. The molecule has 3 aliphatic heterocycles. The van der Waals surface area contributed by atoms with Crippen LogP contribution in [0, 0.1) is 0 Å². The van der Waals surface area contributed by atoms with Gasteiger partial charge in [0.05, 0.1) is 16.3 Å². The molecule has 280 valence electrons. The number of nitrogens with two attached hydrogens (primary N) is 1. The lowest BCUT2D eigenvalue weighted by atomic mass is 10.0. The number of carboxylic acids is 1. The van der Waals surface area contributed by atoms with Crippen LogP contribution in [-0.2, 0) is 32.2 Å². The van der Waals surface area contributed by atoms with Gasteiger partial charge in [0, 0.05) is 35.7 Å². The van der Waals surface area contributed by atoms with Gasteiger partial charge in [0.1, 0.15) is 22.8 Å². The number of H-pyrrole nitrogens is 1. The van der Waals surface area contributed by atoms with Crippen LogP contribution in [0.5, 0.6) is 11.5 Å². The van der Waals surface area contributed by atoms with E-state index in [9.17, 15) is 34.5 Å². The van der Waals surface area contributed by atoms with Crippen molar-refractivity contribution in [3.8, 4) is 11.5 Å². The number of thiazole rings is 1. The van der Waals surface area contributed by atoms with Gasteiger partial charge in [0.25, 0.3) is 17.7 Å². The number of aromatic nitrogens is 6. The fourth-order valence-electron chi connectivity index (χ4n) is 6.13. The summed E-state index contributed by atoms with van der Waals surface area (Å²) in [5.41, 5.74) is 6.38. The van der Waals surface area contributed by atoms with Crippen molar-refractivity contribution < 1.29 is 43.9 Å². The highest BCUT2D eigenvalue weighted by molar-refractivity contribution is 8.00. The van der Waals surface area contributed by atoms with E-state index in [2.05, 4.69) is 36.1 Å². The maximum Gasteiger partial charge on any atom is 0.350 e. The zero-order valence-electron chi connectivity index (χ0n) is 28.4. The smallest absolute Gasteiger partial charge is 0.350 e. The first kappa shape index (κ1) is 36.6. The zero-order chi connectivity index (χ0) is 38.5. The highest BCUT2D eigenvalue weighted by Crippen LogP contribution is 2.44. The minimum Gasteiger partial charge on any atom is -0.504 e. The first-order chi connectivity index (χ1) is 25.8. The van der Waals surface area contributed by atoms with Crippen molar-refractivity contribution in [2.45, 2.75) is 50.3 Å². The van der Waals surface area contributed by atoms with Gasteiger partial charge in [-0.25, -0.2) is 9.78 Å². The summed E-state index contributed by atoms with van der Waals surface area (Å²) >= 11 is 8.69. The normalized spacial score (nSPS) is 18.5. The first-order valence-corrected chi connectivity index (χ1v) is 18.5. The fourth-order valence-corrected chi connectivity index (χ4v) is 8.25. The summed E-state index contributed by atoms with van der Waals surface area (Å²) in [5, 5.41) is 51.2. The van der Waals surface area contributed by atoms with E-state index in [1.165, 1.54) is 48.0 Å². The number of aromatic amines is 1. The number of nitrogens with zero attached hydrogens (tertiary/aromatic N) is 8. The second kappa shape index (κ2) is 14.2.